The molecule has 7 nitrogen and oxygen atoms in total. The zero-order chi connectivity index (χ0) is 22.3. The maximum atomic E-state index is 12.3. The standard InChI is InChI=1S/C23H20N4O3S2/c24-13-19-18-8-6-16(30-23(29)26-14-15-4-1-2-10-25-15)12-20(18)32-22(19)27-21(28)9-7-17-5-3-11-31-17/h1-5,7,9-11,16H,6,8,12,14H2,(H,26,29)(H,27,28)/b9-7+. The number of amides is 2. The molecule has 0 saturated carbocycles. The summed E-state index contributed by atoms with van der Waals surface area (Å²) in [5.74, 6) is -0.282. The van der Waals surface area contributed by atoms with Crippen molar-refractivity contribution in [2.45, 2.75) is 31.9 Å². The number of nitrogens with zero attached hydrogens (tertiary/aromatic N) is 2. The van der Waals surface area contributed by atoms with Crippen LogP contribution >= 0.6 is 22.7 Å². The van der Waals surface area contributed by atoms with E-state index < -0.39 is 6.09 Å². The zero-order valence-electron chi connectivity index (χ0n) is 17.0. The molecule has 0 saturated heterocycles. The third-order valence-corrected chi connectivity index (χ3v) is 6.93. The average molecular weight is 465 g/mol. The van der Waals surface area contributed by atoms with Crippen molar-refractivity contribution in [3.63, 3.8) is 0 Å². The summed E-state index contributed by atoms with van der Waals surface area (Å²) in [6.45, 7) is 0.296. The summed E-state index contributed by atoms with van der Waals surface area (Å²) in [5, 5.41) is 17.7. The van der Waals surface area contributed by atoms with E-state index in [9.17, 15) is 14.9 Å². The van der Waals surface area contributed by atoms with Crippen LogP contribution in [0.5, 0.6) is 0 Å². The third-order valence-electron chi connectivity index (χ3n) is 4.92. The molecule has 2 N–H and O–H groups in total. The minimum Gasteiger partial charge on any atom is -0.446 e. The Morgan fingerprint density at radius 1 is 1.31 bits per heavy atom. The van der Waals surface area contributed by atoms with Crippen LogP contribution in [-0.2, 0) is 28.9 Å². The van der Waals surface area contributed by atoms with Crippen LogP contribution in [-0.4, -0.2) is 23.1 Å². The predicted octanol–water partition coefficient (Wildman–Crippen LogP) is 4.51. The maximum Gasteiger partial charge on any atom is 0.407 e. The molecule has 1 aliphatic rings. The zero-order valence-corrected chi connectivity index (χ0v) is 18.7. The average Bonchev–Trinajstić information content (AvgIpc) is 3.44. The van der Waals surface area contributed by atoms with Crippen molar-refractivity contribution < 1.29 is 14.3 Å². The Morgan fingerprint density at radius 3 is 2.97 bits per heavy atom. The summed E-state index contributed by atoms with van der Waals surface area (Å²) >= 11 is 2.91. The van der Waals surface area contributed by atoms with Crippen LogP contribution in [0.25, 0.3) is 6.08 Å². The highest BCUT2D eigenvalue weighted by atomic mass is 32.1. The number of carbonyl (C=O) groups excluding carboxylic acids is 2. The molecule has 0 aromatic carbocycles. The minimum atomic E-state index is -0.492. The Kier molecular flexibility index (Phi) is 6.94. The molecular weight excluding hydrogens is 444 g/mol. The van der Waals surface area contributed by atoms with E-state index >= 15 is 0 Å². The van der Waals surface area contributed by atoms with E-state index in [1.807, 2.05) is 35.7 Å². The number of ether oxygens (including phenoxy) is 1. The first kappa shape index (κ1) is 21.7. The van der Waals surface area contributed by atoms with Gasteiger partial charge in [0.25, 0.3) is 0 Å². The van der Waals surface area contributed by atoms with Gasteiger partial charge in [0, 0.05) is 28.4 Å². The number of pyridine rings is 1. The summed E-state index contributed by atoms with van der Waals surface area (Å²) in [6, 6.07) is 11.6. The lowest BCUT2D eigenvalue weighted by atomic mass is 9.94. The highest BCUT2D eigenvalue weighted by Gasteiger charge is 2.28. The molecular formula is C23H20N4O3S2. The summed E-state index contributed by atoms with van der Waals surface area (Å²) < 4.78 is 5.56. The van der Waals surface area contributed by atoms with Gasteiger partial charge in [-0.25, -0.2) is 4.79 Å². The smallest absolute Gasteiger partial charge is 0.407 e. The minimum absolute atomic E-state index is 0.279. The van der Waals surface area contributed by atoms with Gasteiger partial charge in [0.1, 0.15) is 17.2 Å². The fourth-order valence-corrected chi connectivity index (χ4v) is 5.30. The number of rotatable bonds is 6. The monoisotopic (exact) mass is 464 g/mol. The van der Waals surface area contributed by atoms with E-state index in [2.05, 4.69) is 21.7 Å². The molecule has 0 fully saturated rings. The fraction of sp³-hybridized carbons (Fsp3) is 0.217. The van der Waals surface area contributed by atoms with Crippen molar-refractivity contribution in [3.8, 4) is 6.07 Å². The Bertz CT molecular complexity index is 1160. The summed E-state index contributed by atoms with van der Waals surface area (Å²) in [5.41, 5.74) is 2.19. The van der Waals surface area contributed by atoms with E-state index in [1.54, 1.807) is 23.6 Å². The van der Waals surface area contributed by atoms with E-state index in [4.69, 9.17) is 4.74 Å². The van der Waals surface area contributed by atoms with Crippen LogP contribution in [0.2, 0.25) is 0 Å². The lowest BCUT2D eigenvalue weighted by molar-refractivity contribution is -0.111. The van der Waals surface area contributed by atoms with Crippen LogP contribution in [0.1, 0.15) is 33.0 Å². The summed E-state index contributed by atoms with van der Waals surface area (Å²) in [6.07, 6.45) is 5.87. The molecule has 3 aromatic rings. The molecule has 1 unspecified atom stereocenters. The van der Waals surface area contributed by atoms with E-state index in [1.165, 1.54) is 17.4 Å². The Morgan fingerprint density at radius 2 is 2.22 bits per heavy atom. The number of nitriles is 1. The number of hydrogen-bond acceptors (Lipinski definition) is 7. The number of fused-ring (bicyclic) bond motifs is 1. The number of alkyl carbamates (subject to hydrolysis) is 1. The van der Waals surface area contributed by atoms with Gasteiger partial charge in [-0.2, -0.15) is 5.26 Å². The van der Waals surface area contributed by atoms with E-state index in [0.29, 0.717) is 36.4 Å². The van der Waals surface area contributed by atoms with Crippen molar-refractivity contribution >= 4 is 45.8 Å². The van der Waals surface area contributed by atoms with Crippen LogP contribution in [0, 0.1) is 11.3 Å². The quantitative estimate of drug-likeness (QED) is 0.522. The van der Waals surface area contributed by atoms with Crippen molar-refractivity contribution in [1.82, 2.24) is 10.3 Å². The highest BCUT2D eigenvalue weighted by molar-refractivity contribution is 7.16. The van der Waals surface area contributed by atoms with Crippen LogP contribution in [0.3, 0.4) is 0 Å². The topological polar surface area (TPSA) is 104 Å². The molecule has 0 spiro atoms. The molecule has 0 aliphatic heterocycles. The molecule has 1 atom stereocenters. The third kappa shape index (κ3) is 5.41. The maximum absolute atomic E-state index is 12.3. The first-order valence-corrected chi connectivity index (χ1v) is 11.7. The Labute approximate surface area is 193 Å². The molecule has 4 rings (SSSR count). The number of aromatic nitrogens is 1. The second-order valence-electron chi connectivity index (χ2n) is 7.10. The molecule has 32 heavy (non-hydrogen) atoms. The van der Waals surface area contributed by atoms with Gasteiger partial charge in [-0.3, -0.25) is 9.78 Å². The van der Waals surface area contributed by atoms with Crippen LogP contribution in [0.4, 0.5) is 9.80 Å². The largest absolute Gasteiger partial charge is 0.446 e. The van der Waals surface area contributed by atoms with Crippen molar-refractivity contribution in [2.24, 2.45) is 0 Å². The molecule has 2 amide bonds. The van der Waals surface area contributed by atoms with Gasteiger partial charge in [0.2, 0.25) is 5.91 Å². The van der Waals surface area contributed by atoms with Crippen LogP contribution < -0.4 is 10.6 Å². The lowest BCUT2D eigenvalue weighted by Gasteiger charge is -2.22. The van der Waals surface area contributed by atoms with Crippen LogP contribution in [0.15, 0.2) is 48.0 Å². The lowest BCUT2D eigenvalue weighted by Crippen LogP contribution is -2.31. The van der Waals surface area contributed by atoms with Crippen molar-refractivity contribution in [3.05, 3.63) is 74.6 Å². The number of carbonyl (C=O) groups is 2. The first-order valence-electron chi connectivity index (χ1n) is 10.0. The molecule has 9 heteroatoms. The molecule has 1 aliphatic carbocycles. The summed E-state index contributed by atoms with van der Waals surface area (Å²) in [7, 11) is 0. The Balaban J connectivity index is 1.36. The second-order valence-corrected chi connectivity index (χ2v) is 9.19. The molecule has 0 bridgehead atoms. The first-order chi connectivity index (χ1) is 15.6. The molecule has 3 aromatic heterocycles. The predicted molar refractivity (Wildman–Crippen MR) is 124 cm³/mol. The highest BCUT2D eigenvalue weighted by Crippen LogP contribution is 2.38. The second kappa shape index (κ2) is 10.2. The Hall–Kier alpha value is -3.48. The van der Waals surface area contributed by atoms with Crippen molar-refractivity contribution in [2.75, 3.05) is 5.32 Å². The fourth-order valence-electron chi connectivity index (χ4n) is 3.42. The van der Waals surface area contributed by atoms with Gasteiger partial charge in [-0.05, 0) is 48.1 Å². The van der Waals surface area contributed by atoms with Gasteiger partial charge in [-0.1, -0.05) is 12.1 Å². The number of hydrogen-bond donors (Lipinski definition) is 2. The molecule has 3 heterocycles. The van der Waals surface area contributed by atoms with E-state index in [0.717, 1.165) is 21.0 Å². The van der Waals surface area contributed by atoms with Gasteiger partial charge in [-0.15, -0.1) is 22.7 Å². The van der Waals surface area contributed by atoms with Gasteiger partial charge in [0.15, 0.2) is 0 Å². The van der Waals surface area contributed by atoms with Crippen molar-refractivity contribution in [1.29, 1.82) is 5.26 Å². The normalized spacial score (nSPS) is 15.0. The number of thiophene rings is 2. The van der Waals surface area contributed by atoms with E-state index in [-0.39, 0.29) is 12.0 Å². The van der Waals surface area contributed by atoms with Gasteiger partial charge >= 0.3 is 6.09 Å². The number of anilines is 1. The van der Waals surface area contributed by atoms with Gasteiger partial charge < -0.3 is 15.4 Å². The molecule has 162 valence electrons. The summed E-state index contributed by atoms with van der Waals surface area (Å²) in [4.78, 5) is 30.6. The SMILES string of the molecule is N#Cc1c(NC(=O)/C=C/c2cccs2)sc2c1CCC(OC(=O)NCc1ccccn1)C2. The number of nitrogens with one attached hydrogen (secondary N) is 2. The van der Waals surface area contributed by atoms with Gasteiger partial charge in [0.05, 0.1) is 17.8 Å². The molecule has 0 radical (unpaired) electrons.